The summed E-state index contributed by atoms with van der Waals surface area (Å²) in [5.41, 5.74) is 0.860. The van der Waals surface area contributed by atoms with Gasteiger partial charge < -0.3 is 19.7 Å². The molecule has 0 radical (unpaired) electrons. The standard InChI is InChI=1S/C34H42FN3O6S/c1-4-32(34(40)36-27-9-7-6-8-10-27)37(23-25-11-17-29(43-3)18-12-25)33(39)24-38(28-15-13-26(35)14-16-28)45(41,42)31-21-19-30(20-22-31)44-5-2/h11-22,27,32H,4-10,23-24H2,1-3H3,(H,36,40). The average Bonchev–Trinajstić information content (AvgIpc) is 3.05. The minimum Gasteiger partial charge on any atom is -0.497 e. The predicted molar refractivity (Wildman–Crippen MR) is 171 cm³/mol. The summed E-state index contributed by atoms with van der Waals surface area (Å²) in [6.45, 7) is 3.53. The second-order valence-corrected chi connectivity index (χ2v) is 12.9. The van der Waals surface area contributed by atoms with Gasteiger partial charge in [-0.3, -0.25) is 13.9 Å². The molecule has 1 aliphatic rings. The SMILES string of the molecule is CCOc1ccc(S(=O)(=O)N(CC(=O)N(Cc2ccc(OC)cc2)C(CC)C(=O)NC2CCCCC2)c2ccc(F)cc2)cc1. The zero-order valence-electron chi connectivity index (χ0n) is 26.1. The van der Waals surface area contributed by atoms with Crippen molar-refractivity contribution in [2.75, 3.05) is 24.6 Å². The van der Waals surface area contributed by atoms with Gasteiger partial charge >= 0.3 is 0 Å². The fourth-order valence-electron chi connectivity index (χ4n) is 5.53. The monoisotopic (exact) mass is 639 g/mol. The van der Waals surface area contributed by atoms with E-state index in [-0.39, 0.29) is 29.1 Å². The van der Waals surface area contributed by atoms with Gasteiger partial charge in [0, 0.05) is 12.6 Å². The van der Waals surface area contributed by atoms with Crippen LogP contribution in [0.25, 0.3) is 0 Å². The van der Waals surface area contributed by atoms with Gasteiger partial charge in [0.05, 0.1) is 24.3 Å². The third-order valence-corrected chi connectivity index (χ3v) is 9.75. The highest BCUT2D eigenvalue weighted by molar-refractivity contribution is 7.92. The minimum atomic E-state index is -4.29. The number of halogens is 1. The number of hydrogen-bond acceptors (Lipinski definition) is 6. The maximum absolute atomic E-state index is 14.3. The van der Waals surface area contributed by atoms with Gasteiger partial charge in [-0.1, -0.05) is 38.3 Å². The molecule has 0 saturated heterocycles. The number of nitrogens with zero attached hydrogens (tertiary/aromatic N) is 2. The van der Waals surface area contributed by atoms with Crippen molar-refractivity contribution in [3.63, 3.8) is 0 Å². The topological polar surface area (TPSA) is 105 Å². The van der Waals surface area contributed by atoms with Crippen LogP contribution in [-0.2, 0) is 26.2 Å². The van der Waals surface area contributed by atoms with Crippen LogP contribution in [0, 0.1) is 5.82 Å². The van der Waals surface area contributed by atoms with Crippen molar-refractivity contribution in [2.24, 2.45) is 0 Å². The molecule has 9 nitrogen and oxygen atoms in total. The molecule has 45 heavy (non-hydrogen) atoms. The molecule has 1 atom stereocenters. The van der Waals surface area contributed by atoms with Crippen molar-refractivity contribution in [2.45, 2.75) is 75.9 Å². The molecule has 1 fully saturated rings. The summed E-state index contributed by atoms with van der Waals surface area (Å²) >= 11 is 0. The highest BCUT2D eigenvalue weighted by atomic mass is 32.2. The third kappa shape index (κ3) is 8.75. The highest BCUT2D eigenvalue weighted by Gasteiger charge is 2.34. The van der Waals surface area contributed by atoms with Crippen molar-refractivity contribution in [1.82, 2.24) is 10.2 Å². The fourth-order valence-corrected chi connectivity index (χ4v) is 6.94. The zero-order valence-corrected chi connectivity index (χ0v) is 26.9. The Balaban J connectivity index is 1.69. The van der Waals surface area contributed by atoms with Gasteiger partial charge in [0.2, 0.25) is 11.8 Å². The molecule has 0 aromatic heterocycles. The summed E-state index contributed by atoms with van der Waals surface area (Å²) in [6.07, 6.45) is 5.29. The van der Waals surface area contributed by atoms with Gasteiger partial charge in [-0.2, -0.15) is 0 Å². The lowest BCUT2D eigenvalue weighted by Crippen LogP contribution is -2.54. The highest BCUT2D eigenvalue weighted by Crippen LogP contribution is 2.27. The van der Waals surface area contributed by atoms with E-state index in [9.17, 15) is 22.4 Å². The average molecular weight is 640 g/mol. The molecular formula is C34H42FN3O6S. The van der Waals surface area contributed by atoms with Crippen LogP contribution in [0.15, 0.2) is 77.7 Å². The van der Waals surface area contributed by atoms with E-state index < -0.39 is 34.3 Å². The summed E-state index contributed by atoms with van der Waals surface area (Å²) in [7, 11) is -2.74. The number of nitrogens with one attached hydrogen (secondary N) is 1. The van der Waals surface area contributed by atoms with Gasteiger partial charge in [-0.15, -0.1) is 0 Å². The summed E-state index contributed by atoms with van der Waals surface area (Å²) in [6, 6.07) is 17.1. The van der Waals surface area contributed by atoms with Gasteiger partial charge in [0.25, 0.3) is 10.0 Å². The van der Waals surface area contributed by atoms with Crippen molar-refractivity contribution in [3.05, 3.63) is 84.2 Å². The Kier molecular flexibility index (Phi) is 11.8. The Morgan fingerprint density at radius 2 is 1.53 bits per heavy atom. The van der Waals surface area contributed by atoms with E-state index in [1.54, 1.807) is 43.5 Å². The molecule has 4 rings (SSSR count). The van der Waals surface area contributed by atoms with Crippen LogP contribution < -0.4 is 19.1 Å². The van der Waals surface area contributed by atoms with E-state index >= 15 is 0 Å². The van der Waals surface area contributed by atoms with E-state index in [0.717, 1.165) is 54.1 Å². The van der Waals surface area contributed by atoms with Crippen LogP contribution in [0.1, 0.15) is 57.9 Å². The molecule has 2 amide bonds. The van der Waals surface area contributed by atoms with Gasteiger partial charge in [-0.05, 0) is 92.4 Å². The third-order valence-electron chi connectivity index (χ3n) is 7.97. The summed E-state index contributed by atoms with van der Waals surface area (Å²) in [4.78, 5) is 29.3. The maximum Gasteiger partial charge on any atom is 0.264 e. The zero-order chi connectivity index (χ0) is 32.4. The van der Waals surface area contributed by atoms with Crippen LogP contribution in [0.2, 0.25) is 0 Å². The molecule has 0 heterocycles. The Hall–Kier alpha value is -4.12. The smallest absolute Gasteiger partial charge is 0.264 e. The molecule has 0 aliphatic heterocycles. The van der Waals surface area contributed by atoms with Crippen LogP contribution >= 0.6 is 0 Å². The van der Waals surface area contributed by atoms with Crippen LogP contribution in [0.3, 0.4) is 0 Å². The molecule has 1 N–H and O–H groups in total. The first-order chi connectivity index (χ1) is 21.7. The molecule has 3 aromatic rings. The first kappa shape index (κ1) is 33.8. The number of rotatable bonds is 14. The number of carbonyl (C=O) groups is 2. The number of methoxy groups -OCH3 is 1. The quantitative estimate of drug-likeness (QED) is 0.243. The van der Waals surface area contributed by atoms with Crippen molar-refractivity contribution < 1.29 is 31.9 Å². The number of benzene rings is 3. The van der Waals surface area contributed by atoms with Crippen LogP contribution in [0.5, 0.6) is 11.5 Å². The summed E-state index contributed by atoms with van der Waals surface area (Å²) in [5.74, 6) is -0.247. The molecule has 0 bridgehead atoms. The molecular weight excluding hydrogens is 597 g/mol. The summed E-state index contributed by atoms with van der Waals surface area (Å²) < 4.78 is 53.7. The van der Waals surface area contributed by atoms with Gasteiger partial charge in [0.15, 0.2) is 0 Å². The maximum atomic E-state index is 14.3. The Morgan fingerprint density at radius 1 is 0.911 bits per heavy atom. The molecule has 3 aromatic carbocycles. The lowest BCUT2D eigenvalue weighted by molar-refractivity contribution is -0.140. The van der Waals surface area contributed by atoms with Crippen LogP contribution in [0.4, 0.5) is 10.1 Å². The Morgan fingerprint density at radius 3 is 2.11 bits per heavy atom. The number of ether oxygens (including phenoxy) is 2. The number of carbonyl (C=O) groups excluding carboxylic acids is 2. The van der Waals surface area contributed by atoms with E-state index in [1.807, 2.05) is 13.8 Å². The van der Waals surface area contributed by atoms with E-state index in [1.165, 1.54) is 29.2 Å². The van der Waals surface area contributed by atoms with E-state index in [0.29, 0.717) is 24.5 Å². The number of hydrogen-bond donors (Lipinski definition) is 1. The normalized spacial score (nSPS) is 14.3. The molecule has 1 aliphatic carbocycles. The Bertz CT molecular complexity index is 1510. The second kappa shape index (κ2) is 15.7. The second-order valence-electron chi connectivity index (χ2n) is 11.0. The van der Waals surface area contributed by atoms with E-state index in [2.05, 4.69) is 5.32 Å². The van der Waals surface area contributed by atoms with Crippen molar-refractivity contribution in [3.8, 4) is 11.5 Å². The molecule has 1 saturated carbocycles. The molecule has 1 unspecified atom stereocenters. The first-order valence-corrected chi connectivity index (χ1v) is 16.8. The number of amides is 2. The Labute approximate surface area is 265 Å². The van der Waals surface area contributed by atoms with Gasteiger partial charge in [-0.25, -0.2) is 12.8 Å². The number of anilines is 1. The minimum absolute atomic E-state index is 0.0361. The fraction of sp³-hybridized carbons (Fsp3) is 0.412. The predicted octanol–water partition coefficient (Wildman–Crippen LogP) is 5.68. The summed E-state index contributed by atoms with van der Waals surface area (Å²) in [5, 5.41) is 3.13. The molecule has 0 spiro atoms. The van der Waals surface area contributed by atoms with Crippen LogP contribution in [-0.4, -0.2) is 57.5 Å². The van der Waals surface area contributed by atoms with Gasteiger partial charge in [0.1, 0.15) is 29.9 Å². The molecule has 242 valence electrons. The lowest BCUT2D eigenvalue weighted by atomic mass is 9.95. The van der Waals surface area contributed by atoms with E-state index in [4.69, 9.17) is 9.47 Å². The largest absolute Gasteiger partial charge is 0.497 e. The van der Waals surface area contributed by atoms with Crippen molar-refractivity contribution in [1.29, 1.82) is 0 Å². The number of sulfonamides is 1. The lowest BCUT2D eigenvalue weighted by Gasteiger charge is -2.34. The molecule has 11 heteroatoms. The first-order valence-electron chi connectivity index (χ1n) is 15.4. The van der Waals surface area contributed by atoms with Crippen molar-refractivity contribution >= 4 is 27.5 Å².